The number of nitrogens with one attached hydrogen (secondary N) is 1. The van der Waals surface area contributed by atoms with Gasteiger partial charge in [-0.3, -0.25) is 10.00 Å². The van der Waals surface area contributed by atoms with Crippen LogP contribution in [0, 0.1) is 6.92 Å². The molecule has 0 unspecified atom stereocenters. The van der Waals surface area contributed by atoms with E-state index < -0.39 is 6.09 Å². The van der Waals surface area contributed by atoms with Gasteiger partial charge in [0.2, 0.25) is 0 Å². The monoisotopic (exact) mass is 436 g/mol. The molecule has 1 N–H and O–H groups in total. The Morgan fingerprint density at radius 3 is 2.94 bits per heavy atom. The number of fused-ring (bicyclic) bond motifs is 1. The summed E-state index contributed by atoms with van der Waals surface area (Å²) in [6, 6.07) is 5.95. The van der Waals surface area contributed by atoms with Gasteiger partial charge in [-0.05, 0) is 38.0 Å². The number of carbonyl (C=O) groups is 1. The number of nitrogens with zero attached hydrogens (tertiary/aromatic N) is 3. The van der Waals surface area contributed by atoms with Gasteiger partial charge in [0.15, 0.2) is 0 Å². The van der Waals surface area contributed by atoms with Gasteiger partial charge in [-0.25, -0.2) is 9.78 Å². The quantitative estimate of drug-likeness (QED) is 0.406. The highest BCUT2D eigenvalue weighted by molar-refractivity contribution is 7.16. The Balaban J connectivity index is 1.52. The van der Waals surface area contributed by atoms with Crippen molar-refractivity contribution in [2.45, 2.75) is 46.8 Å². The Kier molecular flexibility index (Phi) is 7.78. The Labute approximate surface area is 187 Å². The van der Waals surface area contributed by atoms with Crippen molar-refractivity contribution in [3.63, 3.8) is 0 Å². The summed E-state index contributed by atoms with van der Waals surface area (Å²) in [6.45, 7) is 11.0. The fourth-order valence-corrected chi connectivity index (χ4v) is 3.89. The van der Waals surface area contributed by atoms with Gasteiger partial charge in [0, 0.05) is 18.4 Å². The van der Waals surface area contributed by atoms with Crippen LogP contribution in [0.5, 0.6) is 0 Å². The summed E-state index contributed by atoms with van der Waals surface area (Å²) in [5.41, 5.74) is 3.87. The first-order chi connectivity index (χ1) is 15.0. The van der Waals surface area contributed by atoms with Gasteiger partial charge in [0.1, 0.15) is 11.6 Å². The number of thiazole rings is 1. The smallest absolute Gasteiger partial charge is 0.412 e. The number of allylic oxidation sites excluding steroid dienone is 5. The minimum absolute atomic E-state index is 0.196. The van der Waals surface area contributed by atoms with E-state index in [1.165, 1.54) is 11.3 Å². The molecule has 0 saturated carbocycles. The summed E-state index contributed by atoms with van der Waals surface area (Å²) in [5, 5.41) is 9.83. The molecule has 0 bridgehead atoms. The molecule has 0 spiro atoms. The van der Waals surface area contributed by atoms with E-state index in [-0.39, 0.29) is 6.61 Å². The van der Waals surface area contributed by atoms with Gasteiger partial charge in [-0.15, -0.1) is 11.3 Å². The number of amides is 1. The van der Waals surface area contributed by atoms with Crippen LogP contribution in [0.25, 0.3) is 10.9 Å². The van der Waals surface area contributed by atoms with Crippen LogP contribution >= 0.6 is 11.3 Å². The lowest BCUT2D eigenvalue weighted by atomic mass is 10.2. The second-order valence-electron chi connectivity index (χ2n) is 7.08. The molecule has 3 aromatic rings. The van der Waals surface area contributed by atoms with Crippen LogP contribution in [0.4, 0.5) is 9.80 Å². The zero-order valence-electron chi connectivity index (χ0n) is 18.2. The van der Waals surface area contributed by atoms with Crippen molar-refractivity contribution in [2.75, 3.05) is 5.32 Å². The van der Waals surface area contributed by atoms with Gasteiger partial charge >= 0.3 is 6.09 Å². The Hall–Kier alpha value is -3.19. The molecule has 0 radical (unpaired) electrons. The lowest BCUT2D eigenvalue weighted by Gasteiger charge is -2.06. The number of ether oxygens (including phenoxy) is 1. The van der Waals surface area contributed by atoms with E-state index >= 15 is 0 Å². The molecule has 2 aromatic heterocycles. The van der Waals surface area contributed by atoms with E-state index in [1.807, 2.05) is 60.3 Å². The van der Waals surface area contributed by atoms with Crippen LogP contribution in [0.3, 0.4) is 0 Å². The van der Waals surface area contributed by atoms with E-state index in [4.69, 9.17) is 4.74 Å². The molecule has 6 nitrogen and oxygen atoms in total. The van der Waals surface area contributed by atoms with Crippen LogP contribution in [0.1, 0.15) is 36.5 Å². The Morgan fingerprint density at radius 2 is 2.16 bits per heavy atom. The van der Waals surface area contributed by atoms with E-state index in [0.29, 0.717) is 11.4 Å². The number of hydrogen-bond donors (Lipinski definition) is 1. The predicted octanol–water partition coefficient (Wildman–Crippen LogP) is 6.19. The largest absolute Gasteiger partial charge is 0.444 e. The topological polar surface area (TPSA) is 69.0 Å². The second-order valence-corrected chi connectivity index (χ2v) is 8.16. The molecule has 0 aliphatic carbocycles. The van der Waals surface area contributed by atoms with Gasteiger partial charge in [0.05, 0.1) is 22.4 Å². The summed E-state index contributed by atoms with van der Waals surface area (Å²) in [7, 11) is 0. The van der Waals surface area contributed by atoms with Gasteiger partial charge in [-0.2, -0.15) is 5.10 Å². The molecule has 0 aliphatic heterocycles. The molecule has 7 heteroatoms. The van der Waals surface area contributed by atoms with Crippen molar-refractivity contribution in [1.29, 1.82) is 0 Å². The van der Waals surface area contributed by atoms with Crippen molar-refractivity contribution in [3.05, 3.63) is 77.1 Å². The SMILES string of the molecule is C=C(/C=C\C=C/Cc1nc(C)c(NC(=O)OCc2ccc3c(cnn3CC)c2)s1)CC. The number of aromatic nitrogens is 3. The number of anilines is 1. The maximum atomic E-state index is 12.3. The molecular formula is C24H28N4O2S. The summed E-state index contributed by atoms with van der Waals surface area (Å²) < 4.78 is 7.33. The summed E-state index contributed by atoms with van der Waals surface area (Å²) in [4.78, 5) is 16.8. The third-order valence-electron chi connectivity index (χ3n) is 4.76. The fourth-order valence-electron chi connectivity index (χ4n) is 2.97. The number of carbonyl (C=O) groups excluding carboxylic acids is 1. The lowest BCUT2D eigenvalue weighted by Crippen LogP contribution is -2.13. The van der Waals surface area contributed by atoms with E-state index in [9.17, 15) is 4.79 Å². The molecule has 0 atom stereocenters. The minimum Gasteiger partial charge on any atom is -0.444 e. The molecule has 3 rings (SSSR count). The zero-order valence-corrected chi connectivity index (χ0v) is 19.0. The van der Waals surface area contributed by atoms with Gasteiger partial charge < -0.3 is 4.74 Å². The molecule has 31 heavy (non-hydrogen) atoms. The van der Waals surface area contributed by atoms with Crippen molar-refractivity contribution in [2.24, 2.45) is 0 Å². The number of rotatable bonds is 9. The van der Waals surface area contributed by atoms with Crippen LogP contribution in [-0.2, 0) is 24.3 Å². The van der Waals surface area contributed by atoms with Crippen molar-refractivity contribution in [3.8, 4) is 0 Å². The maximum Gasteiger partial charge on any atom is 0.412 e. The molecule has 0 saturated heterocycles. The molecule has 0 aliphatic rings. The lowest BCUT2D eigenvalue weighted by molar-refractivity contribution is 0.155. The van der Waals surface area contributed by atoms with Gasteiger partial charge in [0.25, 0.3) is 0 Å². The Morgan fingerprint density at radius 1 is 1.32 bits per heavy atom. The minimum atomic E-state index is -0.487. The van der Waals surface area contributed by atoms with E-state index in [1.54, 1.807) is 0 Å². The number of benzene rings is 1. The van der Waals surface area contributed by atoms with Crippen LogP contribution in [-0.4, -0.2) is 20.9 Å². The third-order valence-corrected chi connectivity index (χ3v) is 5.85. The van der Waals surface area contributed by atoms with Crippen molar-refractivity contribution >= 4 is 33.3 Å². The van der Waals surface area contributed by atoms with Gasteiger partial charge in [-0.1, -0.05) is 49.4 Å². The first kappa shape index (κ1) is 22.5. The fraction of sp³-hybridized carbons (Fsp3) is 0.292. The summed E-state index contributed by atoms with van der Waals surface area (Å²) >= 11 is 1.46. The highest BCUT2D eigenvalue weighted by Crippen LogP contribution is 2.25. The molecule has 1 amide bonds. The summed E-state index contributed by atoms with van der Waals surface area (Å²) in [6.07, 6.45) is 11.0. The molecular weight excluding hydrogens is 408 g/mol. The first-order valence-corrected chi connectivity index (χ1v) is 11.2. The van der Waals surface area contributed by atoms with Crippen LogP contribution in [0.15, 0.2) is 60.9 Å². The van der Waals surface area contributed by atoms with Crippen LogP contribution < -0.4 is 5.32 Å². The predicted molar refractivity (Wildman–Crippen MR) is 127 cm³/mol. The van der Waals surface area contributed by atoms with E-state index in [2.05, 4.69) is 35.8 Å². The average molecular weight is 437 g/mol. The Bertz CT molecular complexity index is 1120. The highest BCUT2D eigenvalue weighted by Gasteiger charge is 2.11. The second kappa shape index (κ2) is 10.7. The highest BCUT2D eigenvalue weighted by atomic mass is 32.1. The number of aryl methyl sites for hydroxylation is 2. The average Bonchev–Trinajstić information content (AvgIpc) is 3.34. The van der Waals surface area contributed by atoms with Crippen molar-refractivity contribution < 1.29 is 9.53 Å². The van der Waals surface area contributed by atoms with Crippen molar-refractivity contribution in [1.82, 2.24) is 14.8 Å². The first-order valence-electron chi connectivity index (χ1n) is 10.4. The molecule has 1 aromatic carbocycles. The molecule has 2 heterocycles. The normalized spacial score (nSPS) is 11.6. The maximum absolute atomic E-state index is 12.3. The third kappa shape index (κ3) is 6.15. The standard InChI is InChI=1S/C24H28N4O2S/c1-5-17(3)10-8-7-9-11-22-26-18(4)23(31-22)27-24(29)30-16-19-12-13-21-20(14-19)15-25-28(21)6-2/h7-10,12-15H,3,5-6,11,16H2,1-2,4H3,(H,27,29)/b9-7-,10-8-. The molecule has 162 valence electrons. The molecule has 0 fully saturated rings. The van der Waals surface area contributed by atoms with E-state index in [0.717, 1.165) is 45.7 Å². The number of hydrogen-bond acceptors (Lipinski definition) is 5. The summed E-state index contributed by atoms with van der Waals surface area (Å²) in [5.74, 6) is 0. The zero-order chi connectivity index (χ0) is 22.2. The van der Waals surface area contributed by atoms with Crippen LogP contribution in [0.2, 0.25) is 0 Å².